The van der Waals surface area contributed by atoms with Gasteiger partial charge in [-0.25, -0.2) is 4.39 Å². The predicted octanol–water partition coefficient (Wildman–Crippen LogP) is 3.61. The molecule has 0 aromatic heterocycles. The lowest BCUT2D eigenvalue weighted by atomic mass is 10.2. The summed E-state index contributed by atoms with van der Waals surface area (Å²) in [6, 6.07) is 13.2. The summed E-state index contributed by atoms with van der Waals surface area (Å²) in [5.74, 6) is -0.999. The maximum Gasteiger partial charge on any atom is 0.325 e. The summed E-state index contributed by atoms with van der Waals surface area (Å²) >= 11 is 0.760. The minimum Gasteiger partial charge on any atom is -0.489 e. The normalized spacial score (nSPS) is 15.2. The van der Waals surface area contributed by atoms with E-state index in [9.17, 15) is 18.8 Å². The molecule has 2 aromatic rings. The molecule has 0 atom stereocenters. The topological polar surface area (TPSA) is 72.9 Å². The van der Waals surface area contributed by atoms with E-state index in [1.54, 1.807) is 48.5 Å². The Kier molecular flexibility index (Phi) is 6.10. The Bertz CT molecular complexity index is 942. The SMILES string of the molecule is COC(=O)CN1C(=O)S/C(=C/c2ccc(OCc3ccccc3F)cc2)C1=O. The third-order valence-electron chi connectivity index (χ3n) is 3.92. The zero-order valence-corrected chi connectivity index (χ0v) is 15.7. The van der Waals surface area contributed by atoms with Gasteiger partial charge < -0.3 is 9.47 Å². The van der Waals surface area contributed by atoms with Gasteiger partial charge in [-0.15, -0.1) is 0 Å². The molecule has 0 saturated carbocycles. The molecular weight excluding hydrogens is 385 g/mol. The Hall–Kier alpha value is -3.13. The smallest absolute Gasteiger partial charge is 0.325 e. The number of rotatable bonds is 6. The number of esters is 1. The Morgan fingerprint density at radius 1 is 1.14 bits per heavy atom. The second kappa shape index (κ2) is 8.71. The van der Waals surface area contributed by atoms with E-state index >= 15 is 0 Å². The fourth-order valence-corrected chi connectivity index (χ4v) is 3.26. The van der Waals surface area contributed by atoms with E-state index in [0.717, 1.165) is 16.7 Å². The highest BCUT2D eigenvalue weighted by atomic mass is 32.2. The molecule has 1 aliphatic heterocycles. The number of hydrogen-bond donors (Lipinski definition) is 0. The number of imide groups is 1. The van der Waals surface area contributed by atoms with Crippen LogP contribution in [0, 0.1) is 5.82 Å². The molecule has 0 N–H and O–H groups in total. The monoisotopic (exact) mass is 401 g/mol. The molecule has 1 saturated heterocycles. The lowest BCUT2D eigenvalue weighted by molar-refractivity contribution is -0.143. The molecule has 0 radical (unpaired) electrons. The maximum atomic E-state index is 13.6. The van der Waals surface area contributed by atoms with Gasteiger partial charge in [0.15, 0.2) is 0 Å². The van der Waals surface area contributed by atoms with Gasteiger partial charge in [0.05, 0.1) is 12.0 Å². The van der Waals surface area contributed by atoms with Crippen LogP contribution in [0.3, 0.4) is 0 Å². The molecule has 2 amide bonds. The van der Waals surface area contributed by atoms with Crippen molar-refractivity contribution < 1.29 is 28.2 Å². The van der Waals surface area contributed by atoms with Gasteiger partial charge in [0, 0.05) is 5.56 Å². The number of benzene rings is 2. The fourth-order valence-electron chi connectivity index (χ4n) is 2.42. The summed E-state index contributed by atoms with van der Waals surface area (Å²) in [6.07, 6.45) is 1.56. The van der Waals surface area contributed by atoms with E-state index in [4.69, 9.17) is 4.74 Å². The van der Waals surface area contributed by atoms with Crippen molar-refractivity contribution in [2.45, 2.75) is 6.61 Å². The van der Waals surface area contributed by atoms with Crippen LogP contribution in [-0.4, -0.2) is 35.7 Å². The van der Waals surface area contributed by atoms with Gasteiger partial charge in [-0.3, -0.25) is 19.3 Å². The quantitative estimate of drug-likeness (QED) is 0.544. The summed E-state index contributed by atoms with van der Waals surface area (Å²) in [6.45, 7) is -0.320. The summed E-state index contributed by atoms with van der Waals surface area (Å²) < 4.78 is 23.7. The number of methoxy groups -OCH3 is 1. The number of carbonyl (C=O) groups is 3. The van der Waals surface area contributed by atoms with E-state index in [0.29, 0.717) is 16.9 Å². The summed E-state index contributed by atoms with van der Waals surface area (Å²) in [4.78, 5) is 36.6. The number of thioether (sulfide) groups is 1. The van der Waals surface area contributed by atoms with Crippen molar-refractivity contribution in [1.29, 1.82) is 0 Å². The molecule has 0 bridgehead atoms. The van der Waals surface area contributed by atoms with Gasteiger partial charge in [0.1, 0.15) is 24.7 Å². The van der Waals surface area contributed by atoms with Crippen molar-refractivity contribution in [3.63, 3.8) is 0 Å². The van der Waals surface area contributed by atoms with Crippen LogP contribution in [0.15, 0.2) is 53.4 Å². The van der Waals surface area contributed by atoms with Crippen molar-refractivity contribution in [3.8, 4) is 5.75 Å². The van der Waals surface area contributed by atoms with Crippen LogP contribution in [0.4, 0.5) is 9.18 Å². The summed E-state index contributed by atoms with van der Waals surface area (Å²) in [5, 5.41) is -0.522. The Morgan fingerprint density at radius 3 is 2.54 bits per heavy atom. The molecule has 0 unspecified atom stereocenters. The first-order chi connectivity index (χ1) is 13.5. The lowest BCUT2D eigenvalue weighted by Gasteiger charge is -2.09. The minimum absolute atomic E-state index is 0.0957. The van der Waals surface area contributed by atoms with Crippen molar-refractivity contribution in [1.82, 2.24) is 4.90 Å². The standard InChI is InChI=1S/C20H16FNO5S/c1-26-18(23)11-22-19(24)17(28-20(22)25)10-13-6-8-15(9-7-13)27-12-14-4-2-3-5-16(14)21/h2-10H,11-12H2,1H3/b17-10+. The molecule has 8 heteroatoms. The first-order valence-corrected chi connectivity index (χ1v) is 9.08. The number of nitrogens with zero attached hydrogens (tertiary/aromatic N) is 1. The van der Waals surface area contributed by atoms with Crippen LogP contribution >= 0.6 is 11.8 Å². The van der Waals surface area contributed by atoms with Crippen molar-refractivity contribution in [2.75, 3.05) is 13.7 Å². The van der Waals surface area contributed by atoms with E-state index in [1.807, 2.05) is 0 Å². The van der Waals surface area contributed by atoms with Crippen LogP contribution in [0.2, 0.25) is 0 Å². The van der Waals surface area contributed by atoms with E-state index < -0.39 is 23.7 Å². The molecular formula is C20H16FNO5S. The Morgan fingerprint density at radius 2 is 1.86 bits per heavy atom. The first-order valence-electron chi connectivity index (χ1n) is 8.26. The molecule has 1 fully saturated rings. The Balaban J connectivity index is 1.65. The van der Waals surface area contributed by atoms with Gasteiger partial charge in [0.25, 0.3) is 11.1 Å². The molecule has 144 valence electrons. The number of halogens is 1. The maximum absolute atomic E-state index is 13.6. The van der Waals surface area contributed by atoms with Crippen LogP contribution in [0.5, 0.6) is 5.75 Å². The van der Waals surface area contributed by atoms with Gasteiger partial charge in [0.2, 0.25) is 0 Å². The predicted molar refractivity (Wildman–Crippen MR) is 102 cm³/mol. The zero-order chi connectivity index (χ0) is 20.1. The van der Waals surface area contributed by atoms with Gasteiger partial charge in [-0.05, 0) is 41.6 Å². The van der Waals surface area contributed by atoms with Crippen LogP contribution in [-0.2, 0) is 20.9 Å². The van der Waals surface area contributed by atoms with Gasteiger partial charge >= 0.3 is 5.97 Å². The number of hydrogen-bond acceptors (Lipinski definition) is 6. The second-order valence-electron chi connectivity index (χ2n) is 5.79. The number of ether oxygens (including phenoxy) is 2. The molecule has 28 heavy (non-hydrogen) atoms. The largest absolute Gasteiger partial charge is 0.489 e. The second-order valence-corrected chi connectivity index (χ2v) is 6.79. The van der Waals surface area contributed by atoms with E-state index in [1.165, 1.54) is 13.2 Å². The zero-order valence-electron chi connectivity index (χ0n) is 14.9. The average Bonchev–Trinajstić information content (AvgIpc) is 2.95. The van der Waals surface area contributed by atoms with Gasteiger partial charge in [-0.2, -0.15) is 0 Å². The minimum atomic E-state index is -0.667. The van der Waals surface area contributed by atoms with Crippen LogP contribution < -0.4 is 4.74 Å². The first kappa shape index (κ1) is 19.6. The third-order valence-corrected chi connectivity index (χ3v) is 4.83. The van der Waals surface area contributed by atoms with Gasteiger partial charge in [-0.1, -0.05) is 30.3 Å². The highest BCUT2D eigenvalue weighted by Crippen LogP contribution is 2.32. The van der Waals surface area contributed by atoms with E-state index in [2.05, 4.69) is 4.74 Å². The van der Waals surface area contributed by atoms with Crippen molar-refractivity contribution in [3.05, 3.63) is 70.4 Å². The third kappa shape index (κ3) is 4.58. The molecule has 3 rings (SSSR count). The molecule has 2 aromatic carbocycles. The molecule has 6 nitrogen and oxygen atoms in total. The summed E-state index contributed by atoms with van der Waals surface area (Å²) in [5.41, 5.74) is 1.13. The molecule has 0 aliphatic carbocycles. The highest BCUT2D eigenvalue weighted by molar-refractivity contribution is 8.18. The van der Waals surface area contributed by atoms with Crippen molar-refractivity contribution >= 4 is 35.0 Å². The molecule has 1 heterocycles. The number of amides is 2. The lowest BCUT2D eigenvalue weighted by Crippen LogP contribution is -2.34. The average molecular weight is 401 g/mol. The highest BCUT2D eigenvalue weighted by Gasteiger charge is 2.36. The van der Waals surface area contributed by atoms with E-state index in [-0.39, 0.29) is 17.3 Å². The summed E-state index contributed by atoms with van der Waals surface area (Å²) in [7, 11) is 1.19. The molecule has 0 spiro atoms. The fraction of sp³-hybridized carbons (Fsp3) is 0.150. The van der Waals surface area contributed by atoms with Crippen LogP contribution in [0.1, 0.15) is 11.1 Å². The van der Waals surface area contributed by atoms with Crippen LogP contribution in [0.25, 0.3) is 6.08 Å². The number of carbonyl (C=O) groups excluding carboxylic acids is 3. The van der Waals surface area contributed by atoms with Crippen molar-refractivity contribution in [2.24, 2.45) is 0 Å². The molecule has 1 aliphatic rings. The Labute approximate surface area is 164 Å².